The third-order valence-corrected chi connectivity index (χ3v) is 3.61. The predicted octanol–water partition coefficient (Wildman–Crippen LogP) is 3.98. The third kappa shape index (κ3) is 3.86. The summed E-state index contributed by atoms with van der Waals surface area (Å²) in [4.78, 5) is 14.3. The lowest BCUT2D eigenvalue weighted by Gasteiger charge is -2.11. The normalized spacial score (nSPS) is 10.5. The SMILES string of the molecule is CC(C)NC(=O)c1ccccc1Sc1ccccc1. The number of amides is 1. The van der Waals surface area contributed by atoms with E-state index in [2.05, 4.69) is 5.32 Å². The third-order valence-electron chi connectivity index (χ3n) is 2.52. The number of rotatable bonds is 4. The molecule has 0 heterocycles. The average molecular weight is 271 g/mol. The molecule has 0 aliphatic rings. The van der Waals surface area contributed by atoms with Gasteiger partial charge in [-0.2, -0.15) is 0 Å². The fourth-order valence-electron chi connectivity index (χ4n) is 1.70. The lowest BCUT2D eigenvalue weighted by atomic mass is 10.2. The number of benzene rings is 2. The highest BCUT2D eigenvalue weighted by atomic mass is 32.2. The Kier molecular flexibility index (Phi) is 4.63. The van der Waals surface area contributed by atoms with Crippen LogP contribution in [0.3, 0.4) is 0 Å². The van der Waals surface area contributed by atoms with Crippen LogP contribution in [0.5, 0.6) is 0 Å². The van der Waals surface area contributed by atoms with E-state index in [4.69, 9.17) is 0 Å². The van der Waals surface area contributed by atoms with Crippen LogP contribution in [0.4, 0.5) is 0 Å². The Morgan fingerprint density at radius 1 is 1.00 bits per heavy atom. The summed E-state index contributed by atoms with van der Waals surface area (Å²) >= 11 is 1.61. The number of carbonyl (C=O) groups is 1. The summed E-state index contributed by atoms with van der Waals surface area (Å²) < 4.78 is 0. The number of hydrogen-bond acceptors (Lipinski definition) is 2. The highest BCUT2D eigenvalue weighted by molar-refractivity contribution is 7.99. The molecule has 0 saturated heterocycles. The van der Waals surface area contributed by atoms with Crippen molar-refractivity contribution in [2.75, 3.05) is 0 Å². The summed E-state index contributed by atoms with van der Waals surface area (Å²) in [6.45, 7) is 3.93. The van der Waals surface area contributed by atoms with E-state index in [1.165, 1.54) is 0 Å². The standard InChI is InChI=1S/C16H17NOS/c1-12(2)17-16(18)14-10-6-7-11-15(14)19-13-8-4-3-5-9-13/h3-12H,1-2H3,(H,17,18). The van der Waals surface area contributed by atoms with Gasteiger partial charge in [0.2, 0.25) is 0 Å². The highest BCUT2D eigenvalue weighted by Crippen LogP contribution is 2.30. The summed E-state index contributed by atoms with van der Waals surface area (Å²) in [5, 5.41) is 2.93. The van der Waals surface area contributed by atoms with Crippen molar-refractivity contribution in [1.82, 2.24) is 5.32 Å². The molecule has 1 N–H and O–H groups in total. The van der Waals surface area contributed by atoms with Crippen LogP contribution in [0, 0.1) is 0 Å². The molecule has 2 aromatic rings. The molecule has 0 atom stereocenters. The molecule has 0 radical (unpaired) electrons. The van der Waals surface area contributed by atoms with E-state index in [1.54, 1.807) is 11.8 Å². The molecule has 0 bridgehead atoms. The van der Waals surface area contributed by atoms with E-state index in [0.29, 0.717) is 0 Å². The molecule has 2 rings (SSSR count). The fourth-order valence-corrected chi connectivity index (χ4v) is 2.66. The second-order valence-corrected chi connectivity index (χ2v) is 5.65. The van der Waals surface area contributed by atoms with Crippen LogP contribution < -0.4 is 5.32 Å². The first kappa shape index (κ1) is 13.7. The average Bonchev–Trinajstić information content (AvgIpc) is 2.39. The number of carbonyl (C=O) groups excluding carboxylic acids is 1. The first-order chi connectivity index (χ1) is 9.16. The molecule has 19 heavy (non-hydrogen) atoms. The molecule has 0 aliphatic carbocycles. The lowest BCUT2D eigenvalue weighted by molar-refractivity contribution is 0.0940. The van der Waals surface area contributed by atoms with Crippen molar-refractivity contribution in [3.63, 3.8) is 0 Å². The first-order valence-corrected chi connectivity index (χ1v) is 7.11. The molecule has 2 aromatic carbocycles. The van der Waals surface area contributed by atoms with Crippen molar-refractivity contribution in [1.29, 1.82) is 0 Å². The van der Waals surface area contributed by atoms with Crippen molar-refractivity contribution >= 4 is 17.7 Å². The van der Waals surface area contributed by atoms with Crippen molar-refractivity contribution in [2.45, 2.75) is 29.7 Å². The second-order valence-electron chi connectivity index (χ2n) is 4.54. The quantitative estimate of drug-likeness (QED) is 0.911. The van der Waals surface area contributed by atoms with Crippen LogP contribution in [0.2, 0.25) is 0 Å². The minimum absolute atomic E-state index is 0.0194. The van der Waals surface area contributed by atoms with Crippen LogP contribution in [0.1, 0.15) is 24.2 Å². The maximum Gasteiger partial charge on any atom is 0.252 e. The van der Waals surface area contributed by atoms with E-state index in [9.17, 15) is 4.79 Å². The van der Waals surface area contributed by atoms with Gasteiger partial charge < -0.3 is 5.32 Å². The lowest BCUT2D eigenvalue weighted by Crippen LogP contribution is -2.30. The molecule has 0 fully saturated rings. The Bertz CT molecular complexity index is 552. The van der Waals surface area contributed by atoms with Gasteiger partial charge in [-0.3, -0.25) is 4.79 Å². The summed E-state index contributed by atoms with van der Waals surface area (Å²) in [6.07, 6.45) is 0. The molecule has 0 spiro atoms. The van der Waals surface area contributed by atoms with Crippen molar-refractivity contribution in [3.8, 4) is 0 Å². The predicted molar refractivity (Wildman–Crippen MR) is 79.6 cm³/mol. The molecular weight excluding hydrogens is 254 g/mol. The monoisotopic (exact) mass is 271 g/mol. The minimum Gasteiger partial charge on any atom is -0.350 e. The molecule has 3 heteroatoms. The van der Waals surface area contributed by atoms with E-state index in [-0.39, 0.29) is 11.9 Å². The number of hydrogen-bond donors (Lipinski definition) is 1. The number of nitrogens with one attached hydrogen (secondary N) is 1. The van der Waals surface area contributed by atoms with Crippen molar-refractivity contribution in [3.05, 3.63) is 60.2 Å². The van der Waals surface area contributed by atoms with Crippen LogP contribution in [-0.2, 0) is 0 Å². The topological polar surface area (TPSA) is 29.1 Å². The summed E-state index contributed by atoms with van der Waals surface area (Å²) in [5.74, 6) is -0.0194. The smallest absolute Gasteiger partial charge is 0.252 e. The largest absolute Gasteiger partial charge is 0.350 e. The van der Waals surface area contributed by atoms with Crippen LogP contribution in [0.15, 0.2) is 64.4 Å². The van der Waals surface area contributed by atoms with Gasteiger partial charge in [0.1, 0.15) is 0 Å². The Hall–Kier alpha value is -1.74. The maximum atomic E-state index is 12.1. The van der Waals surface area contributed by atoms with Gasteiger partial charge >= 0.3 is 0 Å². The molecule has 98 valence electrons. The van der Waals surface area contributed by atoms with E-state index >= 15 is 0 Å². The van der Waals surface area contributed by atoms with Gasteiger partial charge in [-0.1, -0.05) is 42.1 Å². The highest BCUT2D eigenvalue weighted by Gasteiger charge is 2.12. The Balaban J connectivity index is 2.24. The first-order valence-electron chi connectivity index (χ1n) is 6.29. The van der Waals surface area contributed by atoms with Gasteiger partial charge in [-0.25, -0.2) is 0 Å². The van der Waals surface area contributed by atoms with Gasteiger partial charge in [-0.15, -0.1) is 0 Å². The molecular formula is C16H17NOS. The second kappa shape index (κ2) is 6.43. The zero-order valence-corrected chi connectivity index (χ0v) is 11.9. The van der Waals surface area contributed by atoms with Gasteiger partial charge in [-0.05, 0) is 38.1 Å². The Labute approximate surface area is 118 Å². The summed E-state index contributed by atoms with van der Waals surface area (Å²) in [7, 11) is 0. The zero-order valence-electron chi connectivity index (χ0n) is 11.1. The van der Waals surface area contributed by atoms with E-state index < -0.39 is 0 Å². The fraction of sp³-hybridized carbons (Fsp3) is 0.188. The van der Waals surface area contributed by atoms with Crippen LogP contribution in [0.25, 0.3) is 0 Å². The molecule has 1 amide bonds. The maximum absolute atomic E-state index is 12.1. The minimum atomic E-state index is -0.0194. The molecule has 0 unspecified atom stereocenters. The van der Waals surface area contributed by atoms with Gasteiger partial charge in [0.05, 0.1) is 5.56 Å². The van der Waals surface area contributed by atoms with Crippen molar-refractivity contribution < 1.29 is 4.79 Å². The zero-order chi connectivity index (χ0) is 13.7. The molecule has 0 saturated carbocycles. The molecule has 0 aliphatic heterocycles. The molecule has 2 nitrogen and oxygen atoms in total. The van der Waals surface area contributed by atoms with Crippen LogP contribution in [-0.4, -0.2) is 11.9 Å². The summed E-state index contributed by atoms with van der Waals surface area (Å²) in [5.41, 5.74) is 0.727. The van der Waals surface area contributed by atoms with Gasteiger partial charge in [0.25, 0.3) is 5.91 Å². The van der Waals surface area contributed by atoms with E-state index in [0.717, 1.165) is 15.4 Å². The van der Waals surface area contributed by atoms with Gasteiger partial charge in [0.15, 0.2) is 0 Å². The van der Waals surface area contributed by atoms with Crippen LogP contribution >= 0.6 is 11.8 Å². The Morgan fingerprint density at radius 3 is 2.32 bits per heavy atom. The van der Waals surface area contributed by atoms with E-state index in [1.807, 2.05) is 68.4 Å². The Morgan fingerprint density at radius 2 is 1.63 bits per heavy atom. The summed E-state index contributed by atoms with van der Waals surface area (Å²) in [6, 6.07) is 17.9. The van der Waals surface area contributed by atoms with Crippen molar-refractivity contribution in [2.24, 2.45) is 0 Å². The van der Waals surface area contributed by atoms with Gasteiger partial charge in [0, 0.05) is 15.8 Å². The molecule has 0 aromatic heterocycles.